The van der Waals surface area contributed by atoms with E-state index in [0.29, 0.717) is 16.9 Å². The Morgan fingerprint density at radius 1 is 1.22 bits per heavy atom. The number of hydrogen-bond donors (Lipinski definition) is 2. The van der Waals surface area contributed by atoms with E-state index in [1.165, 1.54) is 15.9 Å². The van der Waals surface area contributed by atoms with Gasteiger partial charge in [-0.25, -0.2) is 4.79 Å². The number of likely N-dealkylation sites (N-methyl/N-ethyl adjacent to an activating group) is 1. The van der Waals surface area contributed by atoms with E-state index in [1.807, 2.05) is 0 Å². The van der Waals surface area contributed by atoms with Crippen LogP contribution in [0.15, 0.2) is 30.3 Å². The first-order chi connectivity index (χ1) is 11.0. The average molecular weight is 314 g/mol. The van der Waals surface area contributed by atoms with Crippen LogP contribution in [0.3, 0.4) is 0 Å². The molecule has 1 aromatic heterocycles. The third-order valence-electron chi connectivity index (χ3n) is 3.67. The standard InChI is InChI=1S/C15H14N4O4/c1-18-7-14(21)19(8-13(18)20)12-5-3-2-4-9(12)10-6-11(15(22)23)17-16-10/h2-6H,7-8H2,1H3,(H,16,17)(H,22,23). The minimum absolute atomic E-state index is 0.00804. The van der Waals surface area contributed by atoms with E-state index in [4.69, 9.17) is 5.11 Å². The number of amides is 2. The highest BCUT2D eigenvalue weighted by atomic mass is 16.4. The van der Waals surface area contributed by atoms with Crippen LogP contribution in [0.5, 0.6) is 0 Å². The number of aromatic carboxylic acids is 1. The third-order valence-corrected chi connectivity index (χ3v) is 3.67. The molecule has 0 aliphatic carbocycles. The molecule has 2 aromatic rings. The largest absolute Gasteiger partial charge is 0.477 e. The van der Waals surface area contributed by atoms with E-state index < -0.39 is 5.97 Å². The first-order valence-corrected chi connectivity index (χ1v) is 6.90. The lowest BCUT2D eigenvalue weighted by Crippen LogP contribution is -2.52. The highest BCUT2D eigenvalue weighted by molar-refractivity contribution is 6.06. The number of carboxylic acids is 1. The number of aromatic amines is 1. The molecule has 3 rings (SSSR count). The minimum Gasteiger partial charge on any atom is -0.477 e. The zero-order valence-corrected chi connectivity index (χ0v) is 12.3. The van der Waals surface area contributed by atoms with Gasteiger partial charge in [-0.1, -0.05) is 18.2 Å². The minimum atomic E-state index is -1.12. The molecule has 1 fully saturated rings. The second-order valence-corrected chi connectivity index (χ2v) is 5.22. The van der Waals surface area contributed by atoms with Crippen LogP contribution in [0.2, 0.25) is 0 Å². The van der Waals surface area contributed by atoms with Crippen molar-refractivity contribution >= 4 is 23.5 Å². The third kappa shape index (κ3) is 2.66. The molecule has 0 radical (unpaired) electrons. The Balaban J connectivity index is 2.02. The zero-order valence-electron chi connectivity index (χ0n) is 12.3. The van der Waals surface area contributed by atoms with Gasteiger partial charge in [-0.3, -0.25) is 14.7 Å². The number of nitrogens with one attached hydrogen (secondary N) is 1. The molecule has 2 amide bonds. The highest BCUT2D eigenvalue weighted by Gasteiger charge is 2.30. The van der Waals surface area contributed by atoms with Crippen molar-refractivity contribution in [2.75, 3.05) is 25.0 Å². The molecule has 118 valence electrons. The van der Waals surface area contributed by atoms with Crippen LogP contribution >= 0.6 is 0 Å². The van der Waals surface area contributed by atoms with Crippen LogP contribution in [0.1, 0.15) is 10.5 Å². The van der Waals surface area contributed by atoms with Gasteiger partial charge in [-0.2, -0.15) is 5.10 Å². The lowest BCUT2D eigenvalue weighted by atomic mass is 10.1. The molecule has 8 nitrogen and oxygen atoms in total. The van der Waals surface area contributed by atoms with Gasteiger partial charge in [0.1, 0.15) is 12.2 Å². The molecule has 0 saturated carbocycles. The summed E-state index contributed by atoms with van der Waals surface area (Å²) in [5, 5.41) is 15.4. The van der Waals surface area contributed by atoms with Crippen molar-refractivity contribution in [1.82, 2.24) is 15.1 Å². The Hall–Kier alpha value is -3.16. The van der Waals surface area contributed by atoms with Crippen molar-refractivity contribution in [3.63, 3.8) is 0 Å². The lowest BCUT2D eigenvalue weighted by molar-refractivity contribution is -0.136. The second-order valence-electron chi connectivity index (χ2n) is 5.22. The Kier molecular flexibility index (Phi) is 3.57. The molecular formula is C15H14N4O4. The number of carbonyl (C=O) groups excluding carboxylic acids is 2. The number of rotatable bonds is 3. The number of anilines is 1. The average Bonchev–Trinajstić information content (AvgIpc) is 3.01. The number of nitrogens with zero attached hydrogens (tertiary/aromatic N) is 3. The molecule has 1 aromatic carbocycles. The van der Waals surface area contributed by atoms with Gasteiger partial charge in [-0.05, 0) is 12.1 Å². The van der Waals surface area contributed by atoms with Gasteiger partial charge in [0, 0.05) is 12.6 Å². The number of aromatic nitrogens is 2. The Morgan fingerprint density at radius 3 is 2.65 bits per heavy atom. The number of hydrogen-bond acceptors (Lipinski definition) is 4. The molecular weight excluding hydrogens is 300 g/mol. The van der Waals surface area contributed by atoms with E-state index in [2.05, 4.69) is 10.2 Å². The number of piperazine rings is 1. The maximum Gasteiger partial charge on any atom is 0.353 e. The summed E-state index contributed by atoms with van der Waals surface area (Å²) in [5.74, 6) is -1.48. The quantitative estimate of drug-likeness (QED) is 0.862. The van der Waals surface area contributed by atoms with E-state index in [-0.39, 0.29) is 30.6 Å². The number of benzene rings is 1. The lowest BCUT2D eigenvalue weighted by Gasteiger charge is -2.32. The molecule has 0 unspecified atom stereocenters. The van der Waals surface area contributed by atoms with Crippen LogP contribution in [0.4, 0.5) is 5.69 Å². The summed E-state index contributed by atoms with van der Waals surface area (Å²) in [6.07, 6.45) is 0. The normalized spacial score (nSPS) is 15.2. The highest BCUT2D eigenvalue weighted by Crippen LogP contribution is 2.31. The van der Waals surface area contributed by atoms with Crippen molar-refractivity contribution in [3.8, 4) is 11.3 Å². The van der Waals surface area contributed by atoms with Gasteiger partial charge < -0.3 is 14.9 Å². The van der Waals surface area contributed by atoms with Gasteiger partial charge >= 0.3 is 5.97 Å². The predicted octanol–water partition coefficient (Wildman–Crippen LogP) is 0.580. The van der Waals surface area contributed by atoms with Gasteiger partial charge in [0.05, 0.1) is 17.9 Å². The van der Waals surface area contributed by atoms with E-state index >= 15 is 0 Å². The van der Waals surface area contributed by atoms with Crippen molar-refractivity contribution in [2.24, 2.45) is 0 Å². The molecule has 1 aliphatic heterocycles. The van der Waals surface area contributed by atoms with Crippen molar-refractivity contribution in [1.29, 1.82) is 0 Å². The summed E-state index contributed by atoms with van der Waals surface area (Å²) in [6.45, 7) is -0.0450. The maximum atomic E-state index is 12.3. The topological polar surface area (TPSA) is 107 Å². The fraction of sp³-hybridized carbons (Fsp3) is 0.200. The summed E-state index contributed by atoms with van der Waals surface area (Å²) < 4.78 is 0. The number of carbonyl (C=O) groups is 3. The number of para-hydroxylation sites is 1. The monoisotopic (exact) mass is 314 g/mol. The maximum absolute atomic E-state index is 12.3. The first-order valence-electron chi connectivity index (χ1n) is 6.90. The Labute approximate surface area is 131 Å². The molecule has 0 atom stereocenters. The molecule has 2 N–H and O–H groups in total. The van der Waals surface area contributed by atoms with Gasteiger partial charge in [0.2, 0.25) is 11.8 Å². The van der Waals surface area contributed by atoms with Gasteiger partial charge in [0.25, 0.3) is 0 Å². The van der Waals surface area contributed by atoms with E-state index in [1.54, 1.807) is 31.3 Å². The number of H-pyrrole nitrogens is 1. The van der Waals surface area contributed by atoms with Crippen molar-refractivity contribution in [2.45, 2.75) is 0 Å². The fourth-order valence-corrected chi connectivity index (χ4v) is 2.43. The first kappa shape index (κ1) is 14.8. The summed E-state index contributed by atoms with van der Waals surface area (Å²) in [7, 11) is 1.58. The van der Waals surface area contributed by atoms with Gasteiger partial charge in [-0.15, -0.1) is 0 Å². The van der Waals surface area contributed by atoms with Gasteiger partial charge in [0.15, 0.2) is 0 Å². The number of carboxylic acid groups (broad SMARTS) is 1. The molecule has 2 heterocycles. The molecule has 1 aliphatic rings. The zero-order chi connectivity index (χ0) is 16.6. The van der Waals surface area contributed by atoms with Crippen molar-refractivity contribution in [3.05, 3.63) is 36.0 Å². The molecule has 23 heavy (non-hydrogen) atoms. The molecule has 8 heteroatoms. The van der Waals surface area contributed by atoms with Crippen LogP contribution in [-0.2, 0) is 9.59 Å². The SMILES string of the molecule is CN1CC(=O)N(c2ccccc2-c2cc(C(=O)O)[nH]n2)CC1=O. The van der Waals surface area contributed by atoms with Crippen LogP contribution in [0.25, 0.3) is 11.3 Å². The summed E-state index contributed by atoms with van der Waals surface area (Å²) in [5.41, 5.74) is 1.47. The van der Waals surface area contributed by atoms with Crippen LogP contribution in [-0.4, -0.2) is 58.1 Å². The molecule has 0 bridgehead atoms. The summed E-state index contributed by atoms with van der Waals surface area (Å²) in [4.78, 5) is 37.9. The summed E-state index contributed by atoms with van der Waals surface area (Å²) >= 11 is 0. The summed E-state index contributed by atoms with van der Waals surface area (Å²) in [6, 6.07) is 8.34. The fourth-order valence-electron chi connectivity index (χ4n) is 2.43. The van der Waals surface area contributed by atoms with Crippen LogP contribution < -0.4 is 4.90 Å². The predicted molar refractivity (Wildman–Crippen MR) is 81.0 cm³/mol. The van der Waals surface area contributed by atoms with E-state index in [9.17, 15) is 14.4 Å². The molecule has 1 saturated heterocycles. The van der Waals surface area contributed by atoms with Crippen molar-refractivity contribution < 1.29 is 19.5 Å². The Bertz CT molecular complexity index is 798. The molecule has 0 spiro atoms. The Morgan fingerprint density at radius 2 is 1.96 bits per heavy atom. The second kappa shape index (κ2) is 5.56. The smallest absolute Gasteiger partial charge is 0.353 e. The van der Waals surface area contributed by atoms with Crippen LogP contribution in [0, 0.1) is 0 Å². The van der Waals surface area contributed by atoms with E-state index in [0.717, 1.165) is 0 Å².